The molecule has 172 valence electrons. The first-order chi connectivity index (χ1) is 16.5. The highest BCUT2D eigenvalue weighted by Crippen LogP contribution is 2.37. The second-order valence-electron chi connectivity index (χ2n) is 8.22. The number of nitrogens with zero attached hydrogens (tertiary/aromatic N) is 3. The van der Waals surface area contributed by atoms with Gasteiger partial charge in [0.15, 0.2) is 6.29 Å². The molecular formula is C26H21ClFN3O3. The van der Waals surface area contributed by atoms with E-state index in [1.54, 1.807) is 33.7 Å². The molecule has 1 fully saturated rings. The van der Waals surface area contributed by atoms with Gasteiger partial charge in [0.2, 0.25) is 0 Å². The molecule has 4 aromatic rings. The molecule has 1 aliphatic heterocycles. The average Bonchev–Trinajstić information content (AvgIpc) is 3.19. The van der Waals surface area contributed by atoms with Crippen LogP contribution in [-0.4, -0.2) is 52.3 Å². The number of imidazole rings is 1. The molecule has 0 N–H and O–H groups in total. The topological polar surface area (TPSA) is 63.9 Å². The number of rotatable bonds is 4. The molecule has 2 aromatic heterocycles. The van der Waals surface area contributed by atoms with Crippen molar-refractivity contribution in [3.63, 3.8) is 0 Å². The summed E-state index contributed by atoms with van der Waals surface area (Å²) in [6.45, 7) is 2.77. The fraction of sp³-hybridized carbons (Fsp3) is 0.192. The molecule has 0 saturated carbocycles. The minimum atomic E-state index is -0.618. The van der Waals surface area contributed by atoms with Gasteiger partial charge in [0.05, 0.1) is 13.2 Å². The molecule has 0 bridgehead atoms. The number of pyridine rings is 1. The summed E-state index contributed by atoms with van der Waals surface area (Å²) in [5.74, 6) is -0.528. The molecule has 8 heteroatoms. The second-order valence-corrected chi connectivity index (χ2v) is 8.58. The monoisotopic (exact) mass is 477 g/mol. The van der Waals surface area contributed by atoms with E-state index < -0.39 is 6.10 Å². The maximum absolute atomic E-state index is 14.8. The van der Waals surface area contributed by atoms with Crippen molar-refractivity contribution >= 4 is 29.4 Å². The van der Waals surface area contributed by atoms with Crippen molar-refractivity contribution < 1.29 is 18.7 Å². The number of aromatic nitrogens is 2. The number of carbonyl (C=O) groups is 2. The summed E-state index contributed by atoms with van der Waals surface area (Å²) in [4.78, 5) is 30.4. The molecule has 1 unspecified atom stereocenters. The van der Waals surface area contributed by atoms with Crippen molar-refractivity contribution in [3.8, 4) is 22.4 Å². The number of hydrogen-bond donors (Lipinski definition) is 0. The van der Waals surface area contributed by atoms with Gasteiger partial charge in [-0.05, 0) is 36.2 Å². The van der Waals surface area contributed by atoms with E-state index in [0.717, 1.165) is 5.56 Å². The highest BCUT2D eigenvalue weighted by molar-refractivity contribution is 6.32. The molecule has 1 atom stereocenters. The molecule has 6 nitrogen and oxygen atoms in total. The van der Waals surface area contributed by atoms with Gasteiger partial charge in [-0.1, -0.05) is 48.0 Å². The number of ether oxygens (including phenoxy) is 1. The standard InChI is InChI=1S/C26H21ClFN3O3/c1-16-6-7-20(22(28)12-16)19-4-2-3-5-21(19)24-25(27)31-9-8-17(13-23(31)29-24)26(33)30-10-11-34-18(14-30)15-32/h2-9,12-13,15,18H,10-11,14H2,1H3. The van der Waals surface area contributed by atoms with Gasteiger partial charge in [0.1, 0.15) is 28.4 Å². The van der Waals surface area contributed by atoms with Crippen molar-refractivity contribution in [2.24, 2.45) is 0 Å². The van der Waals surface area contributed by atoms with E-state index in [1.165, 1.54) is 6.07 Å². The van der Waals surface area contributed by atoms with Crippen LogP contribution in [0.4, 0.5) is 4.39 Å². The van der Waals surface area contributed by atoms with Crippen LogP contribution in [0.15, 0.2) is 60.8 Å². The lowest BCUT2D eigenvalue weighted by molar-refractivity contribution is -0.122. The third-order valence-electron chi connectivity index (χ3n) is 5.94. The Labute approximate surface area is 200 Å². The smallest absolute Gasteiger partial charge is 0.254 e. The number of aldehydes is 1. The van der Waals surface area contributed by atoms with Crippen LogP contribution in [0.2, 0.25) is 5.15 Å². The van der Waals surface area contributed by atoms with Crippen LogP contribution < -0.4 is 0 Å². The number of aryl methyl sites for hydroxylation is 1. The molecule has 0 radical (unpaired) electrons. The lowest BCUT2D eigenvalue weighted by Gasteiger charge is -2.30. The summed E-state index contributed by atoms with van der Waals surface area (Å²) in [5.41, 5.74) is 4.08. The maximum atomic E-state index is 14.8. The maximum Gasteiger partial charge on any atom is 0.254 e. The van der Waals surface area contributed by atoms with E-state index in [-0.39, 0.29) is 18.3 Å². The van der Waals surface area contributed by atoms with Gasteiger partial charge in [-0.3, -0.25) is 9.20 Å². The van der Waals surface area contributed by atoms with E-state index in [1.807, 2.05) is 37.3 Å². The quantitative estimate of drug-likeness (QED) is 0.396. The minimum Gasteiger partial charge on any atom is -0.367 e. The number of fused-ring (bicyclic) bond motifs is 1. The van der Waals surface area contributed by atoms with Crippen LogP contribution >= 0.6 is 11.6 Å². The average molecular weight is 478 g/mol. The van der Waals surface area contributed by atoms with Gasteiger partial charge >= 0.3 is 0 Å². The number of carbonyl (C=O) groups excluding carboxylic acids is 2. The Bertz CT molecular complexity index is 1420. The summed E-state index contributed by atoms with van der Waals surface area (Å²) in [6, 6.07) is 15.8. The van der Waals surface area contributed by atoms with Crippen molar-refractivity contribution in [3.05, 3.63) is 82.9 Å². The fourth-order valence-corrected chi connectivity index (χ4v) is 4.49. The second kappa shape index (κ2) is 9.00. The Hall–Kier alpha value is -3.55. The van der Waals surface area contributed by atoms with Crippen LogP contribution in [0.5, 0.6) is 0 Å². The molecular weight excluding hydrogens is 457 g/mol. The Morgan fingerprint density at radius 3 is 2.71 bits per heavy atom. The zero-order valence-corrected chi connectivity index (χ0v) is 19.1. The first-order valence-corrected chi connectivity index (χ1v) is 11.2. The molecule has 1 amide bonds. The molecule has 3 heterocycles. The van der Waals surface area contributed by atoms with Crippen LogP contribution in [0.3, 0.4) is 0 Å². The van der Waals surface area contributed by atoms with Crippen LogP contribution in [-0.2, 0) is 9.53 Å². The van der Waals surface area contributed by atoms with Crippen LogP contribution in [0.1, 0.15) is 15.9 Å². The Kier molecular flexibility index (Phi) is 5.89. The number of halogens is 2. The van der Waals surface area contributed by atoms with Crippen molar-refractivity contribution in [1.82, 2.24) is 14.3 Å². The van der Waals surface area contributed by atoms with E-state index in [2.05, 4.69) is 0 Å². The van der Waals surface area contributed by atoms with Gasteiger partial charge in [-0.2, -0.15) is 0 Å². The molecule has 2 aromatic carbocycles. The summed E-state index contributed by atoms with van der Waals surface area (Å²) in [5, 5.41) is 0.362. The zero-order valence-electron chi connectivity index (χ0n) is 18.4. The third-order valence-corrected chi connectivity index (χ3v) is 6.31. The van der Waals surface area contributed by atoms with E-state index in [4.69, 9.17) is 21.3 Å². The molecule has 0 aliphatic carbocycles. The van der Waals surface area contributed by atoms with Crippen molar-refractivity contribution in [2.45, 2.75) is 13.0 Å². The number of benzene rings is 2. The predicted molar refractivity (Wildman–Crippen MR) is 127 cm³/mol. The SMILES string of the molecule is Cc1ccc(-c2ccccc2-c2nc3cc(C(=O)N4CCOC(C=O)C4)ccn3c2Cl)c(F)c1. The molecule has 1 aliphatic rings. The van der Waals surface area contributed by atoms with E-state index >= 15 is 0 Å². The minimum absolute atomic E-state index is 0.208. The van der Waals surface area contributed by atoms with Gasteiger partial charge in [0.25, 0.3) is 5.91 Å². The third kappa shape index (κ3) is 3.97. The van der Waals surface area contributed by atoms with Gasteiger partial charge in [-0.25, -0.2) is 9.37 Å². The summed E-state index contributed by atoms with van der Waals surface area (Å²) < 4.78 is 21.8. The number of amides is 1. The Morgan fingerprint density at radius 2 is 1.94 bits per heavy atom. The van der Waals surface area contributed by atoms with Crippen LogP contribution in [0.25, 0.3) is 28.0 Å². The molecule has 0 spiro atoms. The van der Waals surface area contributed by atoms with Crippen molar-refractivity contribution in [2.75, 3.05) is 19.7 Å². The van der Waals surface area contributed by atoms with Gasteiger partial charge in [-0.15, -0.1) is 0 Å². The lowest BCUT2D eigenvalue weighted by atomic mass is 9.97. The molecule has 34 heavy (non-hydrogen) atoms. The van der Waals surface area contributed by atoms with Gasteiger partial charge in [0, 0.05) is 29.4 Å². The highest BCUT2D eigenvalue weighted by Gasteiger charge is 2.25. The van der Waals surface area contributed by atoms with Crippen molar-refractivity contribution in [1.29, 1.82) is 0 Å². The highest BCUT2D eigenvalue weighted by atomic mass is 35.5. The molecule has 1 saturated heterocycles. The number of morpholine rings is 1. The fourth-order valence-electron chi connectivity index (χ4n) is 4.21. The number of hydrogen-bond acceptors (Lipinski definition) is 4. The first-order valence-electron chi connectivity index (χ1n) is 10.9. The summed E-state index contributed by atoms with van der Waals surface area (Å²) >= 11 is 6.69. The van der Waals surface area contributed by atoms with E-state index in [0.29, 0.717) is 58.2 Å². The largest absolute Gasteiger partial charge is 0.367 e. The summed E-state index contributed by atoms with van der Waals surface area (Å²) in [6.07, 6.45) is 1.78. The first kappa shape index (κ1) is 22.3. The predicted octanol–water partition coefficient (Wildman–Crippen LogP) is 4.81. The summed E-state index contributed by atoms with van der Waals surface area (Å²) in [7, 11) is 0. The lowest BCUT2D eigenvalue weighted by Crippen LogP contribution is -2.46. The Balaban J connectivity index is 1.55. The molecule has 5 rings (SSSR count). The normalized spacial score (nSPS) is 16.1. The Morgan fingerprint density at radius 1 is 1.15 bits per heavy atom. The van der Waals surface area contributed by atoms with Gasteiger partial charge < -0.3 is 14.4 Å². The van der Waals surface area contributed by atoms with E-state index in [9.17, 15) is 14.0 Å². The zero-order chi connectivity index (χ0) is 23.8. The van der Waals surface area contributed by atoms with Crippen LogP contribution in [0, 0.1) is 12.7 Å².